The van der Waals surface area contributed by atoms with Crippen molar-refractivity contribution in [2.75, 3.05) is 33.3 Å². The molecule has 0 spiro atoms. The zero-order valence-corrected chi connectivity index (χ0v) is 30.2. The van der Waals surface area contributed by atoms with E-state index in [0.717, 1.165) is 16.5 Å². The third-order valence-electron chi connectivity index (χ3n) is 8.93. The van der Waals surface area contributed by atoms with Crippen molar-refractivity contribution in [1.82, 2.24) is 19.4 Å². The molecule has 1 aliphatic heterocycles. The van der Waals surface area contributed by atoms with Gasteiger partial charge < -0.3 is 29.4 Å². The maximum atomic E-state index is 14.2. The number of carbonyl (C=O) groups is 2. The number of hydrogen-bond acceptors (Lipinski definition) is 7. The number of nitrogens with one attached hydrogen (secondary N) is 1. The molecule has 3 aromatic carbocycles. The molecule has 1 fully saturated rings. The number of benzene rings is 3. The number of para-hydroxylation sites is 1. The van der Waals surface area contributed by atoms with Crippen molar-refractivity contribution in [2.24, 2.45) is 11.8 Å². The minimum absolute atomic E-state index is 0.0357. The van der Waals surface area contributed by atoms with E-state index in [1.807, 2.05) is 88.4 Å². The Hall–Kier alpha value is -4.39. The molecule has 0 saturated carbocycles. The van der Waals surface area contributed by atoms with E-state index in [2.05, 4.69) is 5.32 Å². The van der Waals surface area contributed by atoms with Crippen molar-refractivity contribution in [3.63, 3.8) is 0 Å². The van der Waals surface area contributed by atoms with Crippen LogP contribution in [0.4, 0.5) is 4.79 Å². The van der Waals surface area contributed by atoms with Crippen molar-refractivity contribution < 1.29 is 32.3 Å². The first-order valence-corrected chi connectivity index (χ1v) is 18.5. The molecule has 3 amide bonds. The quantitative estimate of drug-likeness (QED) is 0.165. The van der Waals surface area contributed by atoms with Gasteiger partial charge in [-0.05, 0) is 60.2 Å². The van der Waals surface area contributed by atoms with Crippen LogP contribution < -0.4 is 10.1 Å². The van der Waals surface area contributed by atoms with E-state index < -0.39 is 34.1 Å². The van der Waals surface area contributed by atoms with Crippen LogP contribution in [0.1, 0.15) is 39.0 Å². The molecule has 1 aromatic heterocycles. The monoisotopic (exact) mass is 704 g/mol. The lowest BCUT2D eigenvalue weighted by atomic mass is 9.97. The molecular weight excluding hydrogens is 657 g/mol. The van der Waals surface area contributed by atoms with Gasteiger partial charge in [0.2, 0.25) is 15.9 Å². The number of sulfonamides is 1. The number of ether oxygens (including phenoxy) is 1. The molecule has 0 radical (unpaired) electrons. The fourth-order valence-electron chi connectivity index (χ4n) is 6.44. The molecule has 0 unspecified atom stereocenters. The maximum Gasteiger partial charge on any atom is 0.321 e. The van der Waals surface area contributed by atoms with Gasteiger partial charge in [-0.1, -0.05) is 76.2 Å². The highest BCUT2D eigenvalue weighted by atomic mass is 32.2. The second-order valence-electron chi connectivity index (χ2n) is 13.6. The van der Waals surface area contributed by atoms with Crippen LogP contribution in [0.15, 0.2) is 94.2 Å². The first-order valence-electron chi connectivity index (χ1n) is 17.1. The summed E-state index contributed by atoms with van der Waals surface area (Å²) in [4.78, 5) is 31.2. The van der Waals surface area contributed by atoms with E-state index >= 15 is 0 Å². The van der Waals surface area contributed by atoms with Gasteiger partial charge in [0.25, 0.3) is 0 Å². The number of urea groups is 1. The van der Waals surface area contributed by atoms with Crippen molar-refractivity contribution in [3.8, 4) is 5.75 Å². The van der Waals surface area contributed by atoms with Crippen LogP contribution in [0.3, 0.4) is 0 Å². The van der Waals surface area contributed by atoms with E-state index in [1.54, 1.807) is 21.9 Å². The molecular formula is C38H48N4O7S. The number of methoxy groups -OCH3 is 1. The summed E-state index contributed by atoms with van der Waals surface area (Å²) in [6.07, 6.45) is -1.01. The second-order valence-corrected chi connectivity index (χ2v) is 15.5. The maximum absolute atomic E-state index is 14.2. The Kier molecular flexibility index (Phi) is 11.9. The molecule has 11 nitrogen and oxygen atoms in total. The number of aliphatic hydroxyl groups is 1. The Morgan fingerprint density at radius 1 is 0.960 bits per heavy atom. The third kappa shape index (κ3) is 8.66. The lowest BCUT2D eigenvalue weighted by molar-refractivity contribution is -0.128. The number of fused-ring (bicyclic) bond motifs is 1. The summed E-state index contributed by atoms with van der Waals surface area (Å²) in [5, 5.41) is 15.7. The average molecular weight is 705 g/mol. The van der Waals surface area contributed by atoms with Crippen molar-refractivity contribution in [2.45, 2.75) is 63.7 Å². The van der Waals surface area contributed by atoms with Gasteiger partial charge in [-0.25, -0.2) is 13.2 Å². The van der Waals surface area contributed by atoms with Gasteiger partial charge in [-0.3, -0.25) is 4.79 Å². The summed E-state index contributed by atoms with van der Waals surface area (Å²) in [5.74, 6) is 0.499. The predicted molar refractivity (Wildman–Crippen MR) is 192 cm³/mol. The number of furan rings is 1. The number of rotatable bonds is 16. The highest BCUT2D eigenvalue weighted by Gasteiger charge is 2.40. The van der Waals surface area contributed by atoms with Crippen LogP contribution in [-0.2, 0) is 27.8 Å². The van der Waals surface area contributed by atoms with Gasteiger partial charge in [-0.2, -0.15) is 4.31 Å². The summed E-state index contributed by atoms with van der Waals surface area (Å²) < 4.78 is 40.1. The van der Waals surface area contributed by atoms with E-state index in [0.29, 0.717) is 24.6 Å². The van der Waals surface area contributed by atoms with Gasteiger partial charge in [0.05, 0.1) is 30.7 Å². The van der Waals surface area contributed by atoms with Crippen LogP contribution >= 0.6 is 0 Å². The highest BCUT2D eigenvalue weighted by Crippen LogP contribution is 2.25. The van der Waals surface area contributed by atoms with Crippen molar-refractivity contribution in [3.05, 3.63) is 96.3 Å². The van der Waals surface area contributed by atoms with Gasteiger partial charge in [0.1, 0.15) is 23.1 Å². The summed E-state index contributed by atoms with van der Waals surface area (Å²) in [6.45, 7) is 8.55. The SMILES string of the molecule is COc1ccc(S(=O)(=O)N(CC(C)C)C[C@@H](O)[C@H](Cc2ccccc2)NC(=O)[C@H](C(C)C)N2CCN(Cc3cc4ccccc4o3)C2=O)cc1. The number of hydrogen-bond donors (Lipinski definition) is 2. The topological polar surface area (TPSA) is 133 Å². The zero-order chi connectivity index (χ0) is 36.0. The zero-order valence-electron chi connectivity index (χ0n) is 29.4. The van der Waals surface area contributed by atoms with Crippen LogP contribution in [-0.4, -0.2) is 91.0 Å². The molecule has 12 heteroatoms. The van der Waals surface area contributed by atoms with Crippen molar-refractivity contribution >= 4 is 32.9 Å². The largest absolute Gasteiger partial charge is 0.497 e. The molecule has 50 heavy (non-hydrogen) atoms. The number of aliphatic hydroxyl groups excluding tert-OH is 1. The molecule has 3 atom stereocenters. The van der Waals surface area contributed by atoms with E-state index in [4.69, 9.17) is 9.15 Å². The number of carbonyl (C=O) groups excluding carboxylic acids is 2. The second kappa shape index (κ2) is 16.1. The Balaban J connectivity index is 1.35. The number of nitrogens with zero attached hydrogens (tertiary/aromatic N) is 3. The van der Waals surface area contributed by atoms with Crippen LogP contribution in [0.25, 0.3) is 11.0 Å². The number of amides is 3. The Labute approximate surface area is 294 Å². The molecule has 268 valence electrons. The normalized spacial score (nSPS) is 15.7. The molecule has 2 heterocycles. The standard InChI is InChI=1S/C38H48N4O7S/c1-26(2)23-41(50(46,47)32-17-15-30(48-5)16-18-32)25-34(43)33(21-28-11-7-6-8-12-28)39-37(44)36(27(3)4)42-20-19-40(38(42)45)24-31-22-29-13-9-10-14-35(29)49-31/h6-18,22,26-27,33-34,36,43H,19-21,23-25H2,1-5H3,(H,39,44)/t33-,34+,36-/m0/s1. The average Bonchev–Trinajstić information content (AvgIpc) is 3.66. The Bertz CT molecular complexity index is 1810. The fraction of sp³-hybridized carbons (Fsp3) is 0.421. The lowest BCUT2D eigenvalue weighted by Crippen LogP contribution is -2.57. The van der Waals surface area contributed by atoms with Gasteiger partial charge in [0.15, 0.2) is 0 Å². The fourth-order valence-corrected chi connectivity index (χ4v) is 8.06. The predicted octanol–water partition coefficient (Wildman–Crippen LogP) is 5.14. The summed E-state index contributed by atoms with van der Waals surface area (Å²) in [6, 6.07) is 23.2. The Morgan fingerprint density at radius 2 is 1.64 bits per heavy atom. The first-order chi connectivity index (χ1) is 23.9. The van der Waals surface area contributed by atoms with Gasteiger partial charge in [0, 0.05) is 31.6 Å². The molecule has 0 aliphatic carbocycles. The van der Waals surface area contributed by atoms with Gasteiger partial charge >= 0.3 is 6.03 Å². The molecule has 0 bridgehead atoms. The molecule has 1 aliphatic rings. The minimum atomic E-state index is -4.00. The molecule has 5 rings (SSSR count). The third-order valence-corrected chi connectivity index (χ3v) is 10.8. The molecule has 4 aromatic rings. The van der Waals surface area contributed by atoms with Crippen LogP contribution in [0.5, 0.6) is 5.75 Å². The van der Waals surface area contributed by atoms with Crippen LogP contribution in [0, 0.1) is 11.8 Å². The summed E-state index contributed by atoms with van der Waals surface area (Å²) >= 11 is 0. The first kappa shape index (κ1) is 36.9. The molecule has 2 N–H and O–H groups in total. The van der Waals surface area contributed by atoms with E-state index in [9.17, 15) is 23.1 Å². The van der Waals surface area contributed by atoms with E-state index in [-0.39, 0.29) is 48.8 Å². The van der Waals surface area contributed by atoms with E-state index in [1.165, 1.54) is 23.5 Å². The summed E-state index contributed by atoms with van der Waals surface area (Å²) in [5.41, 5.74) is 1.61. The van der Waals surface area contributed by atoms with Gasteiger partial charge in [-0.15, -0.1) is 0 Å². The summed E-state index contributed by atoms with van der Waals surface area (Å²) in [7, 11) is -2.49. The highest BCUT2D eigenvalue weighted by molar-refractivity contribution is 7.89. The van der Waals surface area contributed by atoms with Crippen molar-refractivity contribution in [1.29, 1.82) is 0 Å². The minimum Gasteiger partial charge on any atom is -0.497 e. The van der Waals surface area contributed by atoms with Crippen LogP contribution in [0.2, 0.25) is 0 Å². The lowest BCUT2D eigenvalue weighted by Gasteiger charge is -2.34. The Morgan fingerprint density at radius 3 is 2.28 bits per heavy atom. The molecule has 1 saturated heterocycles. The smallest absolute Gasteiger partial charge is 0.321 e.